The minimum atomic E-state index is -0.676. The zero-order chi connectivity index (χ0) is 15.3. The molecule has 21 heavy (non-hydrogen) atoms. The van der Waals surface area contributed by atoms with Gasteiger partial charge in [-0.15, -0.1) is 0 Å². The Morgan fingerprint density at radius 1 is 1.19 bits per heavy atom. The van der Waals surface area contributed by atoms with Crippen molar-refractivity contribution in [3.8, 4) is 0 Å². The maximum atomic E-state index is 11.7. The Bertz CT molecular complexity index is 340. The molecule has 2 aliphatic carbocycles. The minimum absolute atomic E-state index is 0.272. The van der Waals surface area contributed by atoms with E-state index in [1.54, 1.807) is 7.05 Å². The van der Waals surface area contributed by atoms with E-state index in [0.29, 0.717) is 6.04 Å². The summed E-state index contributed by atoms with van der Waals surface area (Å²) in [5.41, 5.74) is -0.676. The van der Waals surface area contributed by atoms with E-state index in [9.17, 15) is 9.90 Å². The first-order valence-electron chi connectivity index (χ1n) is 8.72. The molecule has 0 aromatic carbocycles. The highest BCUT2D eigenvalue weighted by Gasteiger charge is 2.47. The van der Waals surface area contributed by atoms with Gasteiger partial charge in [0, 0.05) is 6.04 Å². The lowest BCUT2D eigenvalue weighted by Gasteiger charge is -2.34. The third-order valence-electron chi connectivity index (χ3n) is 5.93. The SMILES string of the molecule is CNC1(C(=O)O)CCCC1CCN(C)C1CCCCCC1. The molecule has 2 rings (SSSR count). The van der Waals surface area contributed by atoms with Crippen LogP contribution in [-0.2, 0) is 4.79 Å². The van der Waals surface area contributed by atoms with Crippen LogP contribution in [0.25, 0.3) is 0 Å². The molecule has 4 heteroatoms. The van der Waals surface area contributed by atoms with Gasteiger partial charge in [-0.3, -0.25) is 4.79 Å². The lowest BCUT2D eigenvalue weighted by Crippen LogP contribution is -2.53. The zero-order valence-corrected chi connectivity index (χ0v) is 13.7. The first-order valence-corrected chi connectivity index (χ1v) is 8.72. The van der Waals surface area contributed by atoms with Gasteiger partial charge in [0.1, 0.15) is 5.54 Å². The molecule has 2 unspecified atom stereocenters. The van der Waals surface area contributed by atoms with Crippen LogP contribution in [0.15, 0.2) is 0 Å². The number of aliphatic carboxylic acids is 1. The molecule has 0 radical (unpaired) electrons. The molecule has 0 bridgehead atoms. The molecule has 0 aromatic heterocycles. The summed E-state index contributed by atoms with van der Waals surface area (Å²) in [6.07, 6.45) is 12.0. The van der Waals surface area contributed by atoms with Crippen LogP contribution in [0, 0.1) is 5.92 Å². The number of carboxylic acid groups (broad SMARTS) is 1. The summed E-state index contributed by atoms with van der Waals surface area (Å²) in [6.45, 7) is 1.03. The van der Waals surface area contributed by atoms with Crippen LogP contribution in [-0.4, -0.2) is 48.2 Å². The summed E-state index contributed by atoms with van der Waals surface area (Å²) >= 11 is 0. The summed E-state index contributed by atoms with van der Waals surface area (Å²) in [7, 11) is 4.04. The van der Waals surface area contributed by atoms with E-state index in [-0.39, 0.29) is 5.92 Å². The average Bonchev–Trinajstić information content (AvgIpc) is 2.70. The fourth-order valence-corrected chi connectivity index (χ4v) is 4.43. The molecule has 0 aromatic rings. The van der Waals surface area contributed by atoms with E-state index in [0.717, 1.165) is 32.2 Å². The Balaban J connectivity index is 1.87. The number of nitrogens with one attached hydrogen (secondary N) is 1. The number of carboxylic acids is 1. The van der Waals surface area contributed by atoms with Crippen molar-refractivity contribution in [3.63, 3.8) is 0 Å². The normalized spacial score (nSPS) is 31.5. The van der Waals surface area contributed by atoms with Gasteiger partial charge in [-0.05, 0) is 58.7 Å². The van der Waals surface area contributed by atoms with Gasteiger partial charge in [-0.1, -0.05) is 32.1 Å². The summed E-state index contributed by atoms with van der Waals surface area (Å²) < 4.78 is 0. The van der Waals surface area contributed by atoms with Gasteiger partial charge in [0.15, 0.2) is 0 Å². The van der Waals surface area contributed by atoms with Crippen molar-refractivity contribution in [1.29, 1.82) is 0 Å². The Morgan fingerprint density at radius 3 is 2.43 bits per heavy atom. The molecular formula is C17H32N2O2. The second kappa shape index (κ2) is 7.59. The van der Waals surface area contributed by atoms with E-state index < -0.39 is 11.5 Å². The highest BCUT2D eigenvalue weighted by atomic mass is 16.4. The van der Waals surface area contributed by atoms with Gasteiger partial charge in [-0.25, -0.2) is 0 Å². The van der Waals surface area contributed by atoms with Gasteiger partial charge >= 0.3 is 5.97 Å². The third kappa shape index (κ3) is 3.78. The van der Waals surface area contributed by atoms with E-state index in [2.05, 4.69) is 17.3 Å². The Kier molecular flexibility index (Phi) is 6.06. The molecular weight excluding hydrogens is 264 g/mol. The van der Waals surface area contributed by atoms with Crippen molar-refractivity contribution in [2.45, 2.75) is 75.8 Å². The monoisotopic (exact) mass is 296 g/mol. The van der Waals surface area contributed by atoms with E-state index in [1.807, 2.05) is 0 Å². The number of likely N-dealkylation sites (N-methyl/N-ethyl adjacent to an activating group) is 1. The number of rotatable bonds is 6. The molecule has 2 fully saturated rings. The van der Waals surface area contributed by atoms with Gasteiger partial charge in [0.25, 0.3) is 0 Å². The quantitative estimate of drug-likeness (QED) is 0.740. The predicted molar refractivity (Wildman–Crippen MR) is 85.5 cm³/mol. The Hall–Kier alpha value is -0.610. The fourth-order valence-electron chi connectivity index (χ4n) is 4.43. The highest BCUT2D eigenvalue weighted by molar-refractivity contribution is 5.79. The maximum Gasteiger partial charge on any atom is 0.324 e. The Morgan fingerprint density at radius 2 is 1.86 bits per heavy atom. The van der Waals surface area contributed by atoms with Gasteiger partial charge < -0.3 is 15.3 Å². The smallest absolute Gasteiger partial charge is 0.324 e. The lowest BCUT2D eigenvalue weighted by atomic mass is 9.84. The molecule has 0 amide bonds. The summed E-state index contributed by atoms with van der Waals surface area (Å²) in [6, 6.07) is 0.711. The molecule has 2 N–H and O–H groups in total. The molecule has 2 atom stereocenters. The molecule has 0 spiro atoms. The molecule has 2 saturated carbocycles. The standard InChI is InChI=1S/C17H32N2O2/c1-18-17(16(20)21)12-7-8-14(17)11-13-19(2)15-9-5-3-4-6-10-15/h14-15,18H,3-13H2,1-2H3,(H,20,21). The van der Waals surface area contributed by atoms with E-state index >= 15 is 0 Å². The number of nitrogens with zero attached hydrogens (tertiary/aromatic N) is 1. The van der Waals surface area contributed by atoms with Gasteiger partial charge in [-0.2, -0.15) is 0 Å². The summed E-state index contributed by atoms with van der Waals surface area (Å²) in [5.74, 6) is -0.391. The van der Waals surface area contributed by atoms with Crippen LogP contribution in [0.2, 0.25) is 0 Å². The van der Waals surface area contributed by atoms with Crippen LogP contribution in [0.5, 0.6) is 0 Å². The lowest BCUT2D eigenvalue weighted by molar-refractivity contribution is -0.146. The van der Waals surface area contributed by atoms with Crippen LogP contribution >= 0.6 is 0 Å². The van der Waals surface area contributed by atoms with Crippen molar-refractivity contribution < 1.29 is 9.90 Å². The number of hydrogen-bond donors (Lipinski definition) is 2. The van der Waals surface area contributed by atoms with Gasteiger partial charge in [0.05, 0.1) is 0 Å². The third-order valence-corrected chi connectivity index (χ3v) is 5.93. The largest absolute Gasteiger partial charge is 0.480 e. The topological polar surface area (TPSA) is 52.6 Å². The van der Waals surface area contributed by atoms with Crippen molar-refractivity contribution in [2.24, 2.45) is 5.92 Å². The molecule has 122 valence electrons. The first-order chi connectivity index (χ1) is 10.1. The second-order valence-corrected chi connectivity index (χ2v) is 7.03. The second-order valence-electron chi connectivity index (χ2n) is 7.03. The molecule has 2 aliphatic rings. The van der Waals surface area contributed by atoms with Crippen molar-refractivity contribution in [2.75, 3.05) is 20.6 Å². The van der Waals surface area contributed by atoms with Crippen molar-refractivity contribution >= 4 is 5.97 Å². The maximum absolute atomic E-state index is 11.7. The Labute approximate surface area is 129 Å². The highest BCUT2D eigenvalue weighted by Crippen LogP contribution is 2.38. The predicted octanol–water partition coefficient (Wildman–Crippen LogP) is 2.87. The van der Waals surface area contributed by atoms with Crippen molar-refractivity contribution in [3.05, 3.63) is 0 Å². The summed E-state index contributed by atoms with van der Waals surface area (Å²) in [5, 5.41) is 12.7. The molecule has 0 aliphatic heterocycles. The molecule has 0 heterocycles. The van der Waals surface area contributed by atoms with Crippen LogP contribution in [0.4, 0.5) is 0 Å². The van der Waals surface area contributed by atoms with Crippen LogP contribution in [0.1, 0.15) is 64.2 Å². The molecule has 0 saturated heterocycles. The van der Waals surface area contributed by atoms with Crippen LogP contribution < -0.4 is 5.32 Å². The summed E-state index contributed by atoms with van der Waals surface area (Å²) in [4.78, 5) is 14.2. The first kappa shape index (κ1) is 16.8. The fraction of sp³-hybridized carbons (Fsp3) is 0.941. The van der Waals surface area contributed by atoms with E-state index in [4.69, 9.17) is 0 Å². The van der Waals surface area contributed by atoms with Crippen LogP contribution in [0.3, 0.4) is 0 Å². The van der Waals surface area contributed by atoms with E-state index in [1.165, 1.54) is 38.5 Å². The molecule has 4 nitrogen and oxygen atoms in total. The zero-order valence-electron chi connectivity index (χ0n) is 13.7. The minimum Gasteiger partial charge on any atom is -0.480 e. The average molecular weight is 296 g/mol. The van der Waals surface area contributed by atoms with Gasteiger partial charge in [0.2, 0.25) is 0 Å². The van der Waals surface area contributed by atoms with Crippen molar-refractivity contribution in [1.82, 2.24) is 10.2 Å². The number of carbonyl (C=O) groups is 1. The number of hydrogen-bond acceptors (Lipinski definition) is 3.